The zero-order valence-electron chi connectivity index (χ0n) is 18.5. The Kier molecular flexibility index (Phi) is 6.84. The van der Waals surface area contributed by atoms with Gasteiger partial charge in [0.15, 0.2) is 16.0 Å². The number of esters is 1. The van der Waals surface area contributed by atoms with Gasteiger partial charge in [-0.3, -0.25) is 14.4 Å². The Morgan fingerprint density at radius 2 is 1.94 bits per heavy atom. The van der Waals surface area contributed by atoms with Gasteiger partial charge in [0.25, 0.3) is 0 Å². The number of unbranched alkanes of at least 4 members (excludes halogenated alkanes) is 1. The Morgan fingerprint density at radius 3 is 2.73 bits per heavy atom. The number of carbonyl (C=O) groups is 2. The molecule has 0 saturated heterocycles. The van der Waals surface area contributed by atoms with Crippen molar-refractivity contribution in [2.75, 3.05) is 6.61 Å². The van der Waals surface area contributed by atoms with Crippen LogP contribution in [0.15, 0.2) is 62.7 Å². The van der Waals surface area contributed by atoms with Crippen molar-refractivity contribution in [1.29, 1.82) is 0 Å². The molecule has 170 valence electrons. The Bertz CT molecular complexity index is 1460. The molecule has 0 aliphatic carbocycles. The molecular formula is C25H24N2O5S. The molecule has 0 fully saturated rings. The van der Waals surface area contributed by atoms with E-state index in [-0.39, 0.29) is 24.3 Å². The van der Waals surface area contributed by atoms with Crippen LogP contribution in [0.2, 0.25) is 0 Å². The highest BCUT2D eigenvalue weighted by Crippen LogP contribution is 2.21. The van der Waals surface area contributed by atoms with Crippen LogP contribution >= 0.6 is 11.3 Å². The third-order valence-electron chi connectivity index (χ3n) is 5.20. The lowest BCUT2D eigenvalue weighted by Crippen LogP contribution is -2.23. The van der Waals surface area contributed by atoms with Crippen LogP contribution in [0.25, 0.3) is 21.2 Å². The molecule has 0 spiro atoms. The summed E-state index contributed by atoms with van der Waals surface area (Å²) in [6.45, 7) is 4.07. The molecule has 0 aliphatic heterocycles. The summed E-state index contributed by atoms with van der Waals surface area (Å²) in [5, 5.41) is 0.396. The summed E-state index contributed by atoms with van der Waals surface area (Å²) >= 11 is 1.31. The van der Waals surface area contributed by atoms with Crippen LogP contribution in [0.4, 0.5) is 0 Å². The van der Waals surface area contributed by atoms with Gasteiger partial charge in [-0.15, -0.1) is 0 Å². The number of benzene rings is 2. The van der Waals surface area contributed by atoms with E-state index in [9.17, 15) is 14.4 Å². The summed E-state index contributed by atoms with van der Waals surface area (Å²) in [5.74, 6) is -1.26. The van der Waals surface area contributed by atoms with E-state index in [2.05, 4.69) is 18.0 Å². The first-order valence-corrected chi connectivity index (χ1v) is 11.7. The molecule has 4 rings (SSSR count). The second kappa shape index (κ2) is 9.95. The van der Waals surface area contributed by atoms with Gasteiger partial charge in [0, 0.05) is 6.07 Å². The quantitative estimate of drug-likeness (QED) is 0.377. The summed E-state index contributed by atoms with van der Waals surface area (Å²) in [5.41, 5.74) is 1.98. The van der Waals surface area contributed by atoms with Crippen LogP contribution in [0.1, 0.15) is 42.8 Å². The van der Waals surface area contributed by atoms with Gasteiger partial charge in [0.05, 0.1) is 22.2 Å². The van der Waals surface area contributed by atoms with E-state index >= 15 is 0 Å². The molecule has 0 N–H and O–H groups in total. The first-order valence-electron chi connectivity index (χ1n) is 10.9. The molecule has 0 saturated carbocycles. The van der Waals surface area contributed by atoms with Crippen molar-refractivity contribution in [2.24, 2.45) is 4.99 Å². The minimum absolute atomic E-state index is 0.0735. The standard InChI is InChI=1S/C25H24N2O5S/c1-3-5-8-16-11-12-18-22(13-16)33-25(27(18)15-23(29)31-4-2)26-24(30)21-14-19(28)17-9-6-7-10-20(17)32-21/h6-7,9-14H,3-5,8,15H2,1-2H3. The number of amides is 1. The molecule has 2 aromatic heterocycles. The summed E-state index contributed by atoms with van der Waals surface area (Å²) in [6, 6.07) is 13.9. The minimum Gasteiger partial charge on any atom is -0.465 e. The number of thiazole rings is 1. The number of aryl methyl sites for hydroxylation is 1. The van der Waals surface area contributed by atoms with Crippen molar-refractivity contribution in [2.45, 2.75) is 39.7 Å². The van der Waals surface area contributed by atoms with Crippen LogP contribution in [0.3, 0.4) is 0 Å². The number of rotatable bonds is 7. The number of ether oxygens (including phenoxy) is 1. The zero-order valence-corrected chi connectivity index (χ0v) is 19.3. The maximum atomic E-state index is 12.9. The maximum absolute atomic E-state index is 12.9. The number of aromatic nitrogens is 1. The predicted octanol–water partition coefficient (Wildman–Crippen LogP) is 4.46. The van der Waals surface area contributed by atoms with Crippen LogP contribution < -0.4 is 10.2 Å². The van der Waals surface area contributed by atoms with Crippen LogP contribution in [0, 0.1) is 0 Å². The van der Waals surface area contributed by atoms with Crippen molar-refractivity contribution < 1.29 is 18.7 Å². The number of para-hydroxylation sites is 1. The van der Waals surface area contributed by atoms with E-state index in [4.69, 9.17) is 9.15 Å². The molecule has 1 amide bonds. The molecule has 0 aliphatic rings. The van der Waals surface area contributed by atoms with E-state index in [1.165, 1.54) is 16.9 Å². The Balaban J connectivity index is 1.81. The normalized spacial score (nSPS) is 11.9. The molecule has 0 atom stereocenters. The number of nitrogens with zero attached hydrogens (tertiary/aromatic N) is 2. The Labute approximate surface area is 194 Å². The van der Waals surface area contributed by atoms with Gasteiger partial charge < -0.3 is 13.7 Å². The van der Waals surface area contributed by atoms with Gasteiger partial charge in [-0.1, -0.05) is 42.9 Å². The molecule has 8 heteroatoms. The highest BCUT2D eigenvalue weighted by Gasteiger charge is 2.15. The third kappa shape index (κ3) is 4.96. The van der Waals surface area contributed by atoms with Gasteiger partial charge in [-0.2, -0.15) is 4.99 Å². The molecular weight excluding hydrogens is 440 g/mol. The van der Waals surface area contributed by atoms with Crippen LogP contribution in [-0.2, 0) is 22.5 Å². The van der Waals surface area contributed by atoms with E-state index in [0.717, 1.165) is 35.5 Å². The second-order valence-electron chi connectivity index (χ2n) is 7.57. The number of carbonyl (C=O) groups excluding carboxylic acids is 2. The molecule has 33 heavy (non-hydrogen) atoms. The summed E-state index contributed by atoms with van der Waals surface area (Å²) in [7, 11) is 0. The lowest BCUT2D eigenvalue weighted by molar-refractivity contribution is -0.143. The monoisotopic (exact) mass is 464 g/mol. The molecule has 0 radical (unpaired) electrons. The van der Waals surface area contributed by atoms with Gasteiger partial charge >= 0.3 is 11.9 Å². The molecule has 0 bridgehead atoms. The largest absolute Gasteiger partial charge is 0.465 e. The van der Waals surface area contributed by atoms with Gasteiger partial charge in [0.1, 0.15) is 12.1 Å². The minimum atomic E-state index is -0.687. The average molecular weight is 465 g/mol. The van der Waals surface area contributed by atoms with E-state index < -0.39 is 11.9 Å². The maximum Gasteiger partial charge on any atom is 0.326 e. The van der Waals surface area contributed by atoms with Gasteiger partial charge in [-0.25, -0.2) is 0 Å². The molecule has 0 unspecified atom stereocenters. The predicted molar refractivity (Wildman–Crippen MR) is 127 cm³/mol. The Morgan fingerprint density at radius 1 is 1.12 bits per heavy atom. The molecule has 2 aromatic carbocycles. The fourth-order valence-electron chi connectivity index (χ4n) is 3.58. The second-order valence-corrected chi connectivity index (χ2v) is 8.58. The first-order chi connectivity index (χ1) is 16.0. The van der Waals surface area contributed by atoms with Crippen molar-refractivity contribution in [3.63, 3.8) is 0 Å². The summed E-state index contributed by atoms with van der Waals surface area (Å²) in [6.07, 6.45) is 3.13. The highest BCUT2D eigenvalue weighted by atomic mass is 32.1. The highest BCUT2D eigenvalue weighted by molar-refractivity contribution is 7.16. The fourth-order valence-corrected chi connectivity index (χ4v) is 4.67. The molecule has 4 aromatic rings. The van der Waals surface area contributed by atoms with Crippen molar-refractivity contribution >= 4 is 44.4 Å². The summed E-state index contributed by atoms with van der Waals surface area (Å²) in [4.78, 5) is 42.1. The van der Waals surface area contributed by atoms with Gasteiger partial charge in [-0.05, 0) is 49.6 Å². The van der Waals surface area contributed by atoms with E-state index in [1.54, 1.807) is 35.8 Å². The topological polar surface area (TPSA) is 90.9 Å². The summed E-state index contributed by atoms with van der Waals surface area (Å²) < 4.78 is 13.3. The first kappa shape index (κ1) is 22.7. The van der Waals surface area contributed by atoms with Crippen LogP contribution in [0.5, 0.6) is 0 Å². The fraction of sp³-hybridized carbons (Fsp3) is 0.280. The SMILES string of the molecule is CCCCc1ccc2c(c1)sc(=NC(=O)c1cc(=O)c3ccccc3o1)n2CC(=O)OCC. The lowest BCUT2D eigenvalue weighted by Gasteiger charge is -2.06. The van der Waals surface area contributed by atoms with Gasteiger partial charge in [0.2, 0.25) is 0 Å². The van der Waals surface area contributed by atoms with E-state index in [1.807, 2.05) is 12.1 Å². The number of hydrogen-bond acceptors (Lipinski definition) is 6. The lowest BCUT2D eigenvalue weighted by atomic mass is 10.1. The number of fused-ring (bicyclic) bond motifs is 2. The average Bonchev–Trinajstić information content (AvgIpc) is 3.13. The third-order valence-corrected chi connectivity index (χ3v) is 6.24. The van der Waals surface area contributed by atoms with Crippen molar-refractivity contribution in [1.82, 2.24) is 4.57 Å². The smallest absolute Gasteiger partial charge is 0.326 e. The van der Waals surface area contributed by atoms with Crippen molar-refractivity contribution in [3.8, 4) is 0 Å². The zero-order chi connectivity index (χ0) is 23.4. The van der Waals surface area contributed by atoms with Crippen LogP contribution in [-0.4, -0.2) is 23.1 Å². The van der Waals surface area contributed by atoms with E-state index in [0.29, 0.717) is 15.8 Å². The molecule has 2 heterocycles. The number of hydrogen-bond donors (Lipinski definition) is 0. The molecule has 7 nitrogen and oxygen atoms in total. The van der Waals surface area contributed by atoms with Crippen molar-refractivity contribution in [3.05, 3.63) is 74.9 Å². The Hall–Kier alpha value is -3.52.